The molecule has 1 amide bonds. The van der Waals surface area contributed by atoms with E-state index in [2.05, 4.69) is 15.3 Å². The Labute approximate surface area is 118 Å². The average molecular weight is 273 g/mol. The molecule has 0 radical (unpaired) electrons. The van der Waals surface area contributed by atoms with Crippen molar-refractivity contribution in [2.45, 2.75) is 19.3 Å². The highest BCUT2D eigenvalue weighted by molar-refractivity contribution is 5.76. The molecule has 1 heterocycles. The van der Waals surface area contributed by atoms with Gasteiger partial charge in [-0.2, -0.15) is 0 Å². The van der Waals surface area contributed by atoms with Crippen LogP contribution >= 0.6 is 0 Å². The topological polar surface area (TPSA) is 67.0 Å². The largest absolute Gasteiger partial charge is 0.497 e. The molecule has 0 aliphatic heterocycles. The number of H-pyrrole nitrogens is 1. The molecule has 0 spiro atoms. The van der Waals surface area contributed by atoms with Crippen molar-refractivity contribution in [2.24, 2.45) is 0 Å². The van der Waals surface area contributed by atoms with Gasteiger partial charge in [-0.1, -0.05) is 12.1 Å². The van der Waals surface area contributed by atoms with Crippen molar-refractivity contribution in [3.05, 3.63) is 48.0 Å². The molecule has 0 saturated carbocycles. The molecule has 106 valence electrons. The van der Waals surface area contributed by atoms with Crippen molar-refractivity contribution < 1.29 is 9.53 Å². The van der Waals surface area contributed by atoms with Crippen molar-refractivity contribution in [2.75, 3.05) is 13.7 Å². The molecule has 0 bridgehead atoms. The predicted octanol–water partition coefficient (Wildman–Crippen LogP) is 1.71. The summed E-state index contributed by atoms with van der Waals surface area (Å²) in [6.45, 7) is 0.602. The van der Waals surface area contributed by atoms with Gasteiger partial charge in [-0.25, -0.2) is 4.98 Å². The number of hydrogen-bond acceptors (Lipinski definition) is 3. The Morgan fingerprint density at radius 1 is 1.40 bits per heavy atom. The van der Waals surface area contributed by atoms with Gasteiger partial charge in [0, 0.05) is 31.8 Å². The van der Waals surface area contributed by atoms with E-state index in [0.29, 0.717) is 19.4 Å². The van der Waals surface area contributed by atoms with Gasteiger partial charge in [-0.3, -0.25) is 4.79 Å². The standard InChI is InChI=1S/C15H19N3O2/c1-20-13-4-2-3-12(11-13)5-6-15(19)18-8-7-14-16-9-10-17-14/h2-4,9-11H,5-8H2,1H3,(H,16,17)(H,18,19). The highest BCUT2D eigenvalue weighted by atomic mass is 16.5. The first-order chi connectivity index (χ1) is 9.78. The predicted molar refractivity (Wildman–Crippen MR) is 76.6 cm³/mol. The maximum absolute atomic E-state index is 11.7. The summed E-state index contributed by atoms with van der Waals surface area (Å²) in [7, 11) is 1.64. The molecule has 5 nitrogen and oxygen atoms in total. The maximum Gasteiger partial charge on any atom is 0.220 e. The summed E-state index contributed by atoms with van der Waals surface area (Å²) < 4.78 is 5.16. The smallest absolute Gasteiger partial charge is 0.220 e. The number of ether oxygens (including phenoxy) is 1. The van der Waals surface area contributed by atoms with E-state index in [1.54, 1.807) is 19.5 Å². The van der Waals surface area contributed by atoms with Crippen molar-refractivity contribution in [1.29, 1.82) is 0 Å². The summed E-state index contributed by atoms with van der Waals surface area (Å²) in [6, 6.07) is 7.78. The van der Waals surface area contributed by atoms with Gasteiger partial charge < -0.3 is 15.0 Å². The van der Waals surface area contributed by atoms with E-state index >= 15 is 0 Å². The molecule has 2 rings (SSSR count). The number of aromatic nitrogens is 2. The van der Waals surface area contributed by atoms with Gasteiger partial charge in [0.1, 0.15) is 11.6 Å². The molecule has 0 aliphatic rings. The Balaban J connectivity index is 1.69. The van der Waals surface area contributed by atoms with E-state index in [4.69, 9.17) is 4.74 Å². The lowest BCUT2D eigenvalue weighted by Crippen LogP contribution is -2.26. The van der Waals surface area contributed by atoms with Crippen LogP contribution in [0, 0.1) is 0 Å². The summed E-state index contributed by atoms with van der Waals surface area (Å²) in [5.41, 5.74) is 1.10. The van der Waals surface area contributed by atoms with Gasteiger partial charge in [-0.05, 0) is 24.1 Å². The molecular weight excluding hydrogens is 254 g/mol. The third-order valence-electron chi connectivity index (χ3n) is 3.01. The first-order valence-electron chi connectivity index (χ1n) is 6.66. The normalized spacial score (nSPS) is 10.2. The van der Waals surface area contributed by atoms with Crippen LogP contribution in [-0.4, -0.2) is 29.5 Å². The van der Waals surface area contributed by atoms with Crippen LogP contribution in [0.15, 0.2) is 36.7 Å². The molecule has 1 aromatic heterocycles. The van der Waals surface area contributed by atoms with Crippen LogP contribution in [0.1, 0.15) is 17.8 Å². The number of rotatable bonds is 7. The maximum atomic E-state index is 11.7. The van der Waals surface area contributed by atoms with Gasteiger partial charge in [0.05, 0.1) is 7.11 Å². The lowest BCUT2D eigenvalue weighted by Gasteiger charge is -2.06. The Morgan fingerprint density at radius 3 is 3.05 bits per heavy atom. The average Bonchev–Trinajstić information content (AvgIpc) is 2.98. The molecule has 1 aromatic carbocycles. The lowest BCUT2D eigenvalue weighted by atomic mass is 10.1. The highest BCUT2D eigenvalue weighted by Gasteiger charge is 2.03. The summed E-state index contributed by atoms with van der Waals surface area (Å²) in [4.78, 5) is 18.8. The number of amides is 1. The fourth-order valence-electron chi connectivity index (χ4n) is 1.93. The third-order valence-corrected chi connectivity index (χ3v) is 3.01. The van der Waals surface area contributed by atoms with E-state index in [0.717, 1.165) is 23.6 Å². The van der Waals surface area contributed by atoms with E-state index in [1.807, 2.05) is 24.3 Å². The van der Waals surface area contributed by atoms with E-state index in [1.165, 1.54) is 0 Å². The number of aromatic amines is 1. The molecule has 0 atom stereocenters. The molecule has 0 saturated heterocycles. The monoisotopic (exact) mass is 273 g/mol. The van der Waals surface area contributed by atoms with E-state index in [9.17, 15) is 4.79 Å². The molecule has 2 aromatic rings. The molecule has 20 heavy (non-hydrogen) atoms. The highest BCUT2D eigenvalue weighted by Crippen LogP contribution is 2.13. The summed E-state index contributed by atoms with van der Waals surface area (Å²) >= 11 is 0. The zero-order valence-corrected chi connectivity index (χ0v) is 11.6. The molecule has 0 aliphatic carbocycles. The van der Waals surface area contributed by atoms with E-state index in [-0.39, 0.29) is 5.91 Å². The summed E-state index contributed by atoms with van der Waals surface area (Å²) in [5.74, 6) is 1.76. The fourth-order valence-corrected chi connectivity index (χ4v) is 1.93. The van der Waals surface area contributed by atoms with Gasteiger partial charge >= 0.3 is 0 Å². The number of imidazole rings is 1. The Bertz CT molecular complexity index is 538. The van der Waals surface area contributed by atoms with Crippen molar-refractivity contribution in [3.8, 4) is 5.75 Å². The summed E-state index contributed by atoms with van der Waals surface area (Å²) in [6.07, 6.45) is 5.40. The number of benzene rings is 1. The Morgan fingerprint density at radius 2 is 2.30 bits per heavy atom. The molecule has 5 heteroatoms. The second kappa shape index (κ2) is 7.33. The van der Waals surface area contributed by atoms with Gasteiger partial charge in [0.25, 0.3) is 0 Å². The second-order valence-electron chi connectivity index (χ2n) is 4.49. The van der Waals surface area contributed by atoms with Crippen LogP contribution in [0.25, 0.3) is 0 Å². The molecular formula is C15H19N3O2. The Kier molecular flexibility index (Phi) is 5.17. The first-order valence-corrected chi connectivity index (χ1v) is 6.66. The molecule has 0 unspecified atom stereocenters. The van der Waals surface area contributed by atoms with Crippen molar-refractivity contribution in [3.63, 3.8) is 0 Å². The minimum atomic E-state index is 0.0550. The zero-order valence-electron chi connectivity index (χ0n) is 11.6. The van der Waals surface area contributed by atoms with Crippen LogP contribution in [-0.2, 0) is 17.6 Å². The van der Waals surface area contributed by atoms with Crippen LogP contribution < -0.4 is 10.1 Å². The third kappa shape index (κ3) is 4.42. The zero-order chi connectivity index (χ0) is 14.2. The molecule has 2 N–H and O–H groups in total. The van der Waals surface area contributed by atoms with E-state index < -0.39 is 0 Å². The number of aryl methyl sites for hydroxylation is 1. The quantitative estimate of drug-likeness (QED) is 0.807. The van der Waals surface area contributed by atoms with Crippen LogP contribution in [0.5, 0.6) is 5.75 Å². The molecule has 0 fully saturated rings. The van der Waals surface area contributed by atoms with Crippen molar-refractivity contribution in [1.82, 2.24) is 15.3 Å². The lowest BCUT2D eigenvalue weighted by molar-refractivity contribution is -0.121. The fraction of sp³-hybridized carbons (Fsp3) is 0.333. The number of nitrogens with zero attached hydrogens (tertiary/aromatic N) is 1. The van der Waals surface area contributed by atoms with Crippen molar-refractivity contribution >= 4 is 5.91 Å². The van der Waals surface area contributed by atoms with Crippen LogP contribution in [0.2, 0.25) is 0 Å². The number of methoxy groups -OCH3 is 1. The first kappa shape index (κ1) is 14.1. The summed E-state index contributed by atoms with van der Waals surface area (Å²) in [5, 5.41) is 2.89. The number of nitrogens with one attached hydrogen (secondary N) is 2. The van der Waals surface area contributed by atoms with Crippen LogP contribution in [0.3, 0.4) is 0 Å². The minimum absolute atomic E-state index is 0.0550. The SMILES string of the molecule is COc1cccc(CCC(=O)NCCc2ncc[nH]2)c1. The van der Waals surface area contributed by atoms with Gasteiger partial charge in [-0.15, -0.1) is 0 Å². The van der Waals surface area contributed by atoms with Crippen LogP contribution in [0.4, 0.5) is 0 Å². The number of carbonyl (C=O) groups is 1. The number of carbonyl (C=O) groups excluding carboxylic acids is 1. The van der Waals surface area contributed by atoms with Gasteiger partial charge in [0.15, 0.2) is 0 Å². The minimum Gasteiger partial charge on any atom is -0.497 e. The van der Waals surface area contributed by atoms with Gasteiger partial charge in [0.2, 0.25) is 5.91 Å². The number of hydrogen-bond donors (Lipinski definition) is 2. The Hall–Kier alpha value is -2.30. The second-order valence-corrected chi connectivity index (χ2v) is 4.49.